The molecule has 0 bridgehead atoms. The van der Waals surface area contributed by atoms with Crippen LogP contribution in [0.1, 0.15) is 0 Å². The molecule has 0 saturated carbocycles. The SMILES string of the molecule is [B]c1cccc(OC(F)(F)F)c1F. The number of ether oxygens (including phenoxy) is 1. The van der Waals surface area contributed by atoms with E-state index in [1.54, 1.807) is 0 Å². The van der Waals surface area contributed by atoms with Crippen LogP contribution in [0.25, 0.3) is 0 Å². The van der Waals surface area contributed by atoms with Crippen LogP contribution in [-0.2, 0) is 0 Å². The second-order valence-corrected chi connectivity index (χ2v) is 2.21. The van der Waals surface area contributed by atoms with Crippen LogP contribution in [0.4, 0.5) is 17.6 Å². The molecule has 1 nitrogen and oxygen atoms in total. The van der Waals surface area contributed by atoms with Crippen LogP contribution >= 0.6 is 0 Å². The Kier molecular flexibility index (Phi) is 2.49. The summed E-state index contributed by atoms with van der Waals surface area (Å²) in [4.78, 5) is 0. The number of benzene rings is 1. The quantitative estimate of drug-likeness (QED) is 0.481. The third-order valence-corrected chi connectivity index (χ3v) is 1.22. The maximum atomic E-state index is 12.8. The lowest BCUT2D eigenvalue weighted by Gasteiger charge is -2.10. The Morgan fingerprint density at radius 3 is 2.38 bits per heavy atom. The van der Waals surface area contributed by atoms with Gasteiger partial charge in [-0.1, -0.05) is 17.6 Å². The van der Waals surface area contributed by atoms with Gasteiger partial charge < -0.3 is 4.74 Å². The highest BCUT2D eigenvalue weighted by Crippen LogP contribution is 2.23. The molecule has 68 valence electrons. The molecule has 0 atom stereocenters. The van der Waals surface area contributed by atoms with E-state index in [1.807, 2.05) is 0 Å². The molecule has 0 fully saturated rings. The fourth-order valence-electron chi connectivity index (χ4n) is 0.731. The molecule has 0 aliphatic rings. The number of halogens is 4. The Labute approximate surface area is 72.7 Å². The first kappa shape index (κ1) is 9.89. The summed E-state index contributed by atoms with van der Waals surface area (Å²) < 4.78 is 51.0. The zero-order chi connectivity index (χ0) is 10.1. The van der Waals surface area contributed by atoms with E-state index in [2.05, 4.69) is 4.74 Å². The van der Waals surface area contributed by atoms with Gasteiger partial charge in [-0.05, 0) is 6.07 Å². The predicted octanol–water partition coefficient (Wildman–Crippen LogP) is 1.52. The largest absolute Gasteiger partial charge is 0.573 e. The highest BCUT2D eigenvalue weighted by molar-refractivity contribution is 6.32. The normalized spacial score (nSPS) is 11.4. The van der Waals surface area contributed by atoms with Gasteiger partial charge in [-0.3, -0.25) is 0 Å². The third-order valence-electron chi connectivity index (χ3n) is 1.22. The number of rotatable bonds is 1. The first-order valence-electron chi connectivity index (χ1n) is 3.20. The zero-order valence-corrected chi connectivity index (χ0v) is 6.23. The van der Waals surface area contributed by atoms with Crippen LogP contribution in [0.3, 0.4) is 0 Å². The van der Waals surface area contributed by atoms with Crippen LogP contribution < -0.4 is 10.2 Å². The Balaban J connectivity index is 2.96. The smallest absolute Gasteiger partial charge is 0.403 e. The van der Waals surface area contributed by atoms with E-state index in [4.69, 9.17) is 7.85 Å². The van der Waals surface area contributed by atoms with Crippen molar-refractivity contribution in [2.75, 3.05) is 0 Å². The van der Waals surface area contributed by atoms with Gasteiger partial charge in [0, 0.05) is 0 Å². The van der Waals surface area contributed by atoms with Gasteiger partial charge in [-0.25, -0.2) is 4.39 Å². The minimum absolute atomic E-state index is 0.387. The summed E-state index contributed by atoms with van der Waals surface area (Å²) >= 11 is 0. The lowest BCUT2D eigenvalue weighted by Crippen LogP contribution is -2.20. The minimum Gasteiger partial charge on any atom is -0.403 e. The molecule has 0 saturated heterocycles. The van der Waals surface area contributed by atoms with Crippen molar-refractivity contribution in [2.45, 2.75) is 6.36 Å². The Morgan fingerprint density at radius 1 is 1.23 bits per heavy atom. The minimum atomic E-state index is -4.91. The van der Waals surface area contributed by atoms with Crippen molar-refractivity contribution in [1.29, 1.82) is 0 Å². The van der Waals surface area contributed by atoms with Gasteiger partial charge in [0.05, 0.1) is 0 Å². The fourth-order valence-corrected chi connectivity index (χ4v) is 0.731. The standard InChI is InChI=1S/C7H3BF4O/c8-4-2-1-3-5(6(4)9)13-7(10,11)12/h1-3H. The van der Waals surface area contributed by atoms with E-state index >= 15 is 0 Å². The molecule has 0 heterocycles. The molecule has 0 amide bonds. The Morgan fingerprint density at radius 2 is 1.85 bits per heavy atom. The number of hydrogen-bond acceptors (Lipinski definition) is 1. The average Bonchev–Trinajstić information content (AvgIpc) is 1.96. The summed E-state index contributed by atoms with van der Waals surface area (Å²) in [5.74, 6) is -2.13. The summed E-state index contributed by atoms with van der Waals surface area (Å²) in [5.41, 5.74) is -0.387. The monoisotopic (exact) mass is 190 g/mol. The van der Waals surface area contributed by atoms with Crippen molar-refractivity contribution in [3.63, 3.8) is 0 Å². The first-order chi connectivity index (χ1) is 5.90. The second-order valence-electron chi connectivity index (χ2n) is 2.21. The van der Waals surface area contributed by atoms with Gasteiger partial charge >= 0.3 is 6.36 Å². The first-order valence-corrected chi connectivity index (χ1v) is 3.20. The summed E-state index contributed by atoms with van der Waals surface area (Å²) in [6.45, 7) is 0. The second kappa shape index (κ2) is 3.28. The van der Waals surface area contributed by atoms with Crippen LogP contribution in [0, 0.1) is 5.82 Å². The van der Waals surface area contributed by atoms with Gasteiger partial charge in [0.2, 0.25) is 0 Å². The number of alkyl halides is 3. The molecule has 1 aromatic rings. The van der Waals surface area contributed by atoms with Gasteiger partial charge in [-0.15, -0.1) is 13.2 Å². The van der Waals surface area contributed by atoms with Crippen molar-refractivity contribution in [3.05, 3.63) is 24.0 Å². The van der Waals surface area contributed by atoms with E-state index in [-0.39, 0.29) is 5.46 Å². The molecule has 0 unspecified atom stereocenters. The molecule has 0 spiro atoms. The third kappa shape index (κ3) is 2.64. The lowest BCUT2D eigenvalue weighted by atomic mass is 9.95. The number of hydrogen-bond donors (Lipinski definition) is 0. The van der Waals surface area contributed by atoms with Crippen LogP contribution in [0.15, 0.2) is 18.2 Å². The van der Waals surface area contributed by atoms with Crippen molar-refractivity contribution in [3.8, 4) is 5.75 Å². The molecule has 0 N–H and O–H groups in total. The Bertz CT molecular complexity index is 310. The molecule has 1 aromatic carbocycles. The average molecular weight is 190 g/mol. The maximum absolute atomic E-state index is 12.8. The molecular formula is C7H3BF4O. The zero-order valence-electron chi connectivity index (χ0n) is 6.23. The highest BCUT2D eigenvalue weighted by atomic mass is 19.4. The molecule has 0 aromatic heterocycles. The van der Waals surface area contributed by atoms with Gasteiger partial charge in [0.15, 0.2) is 11.6 Å². The molecular weight excluding hydrogens is 187 g/mol. The molecule has 2 radical (unpaired) electrons. The summed E-state index contributed by atoms with van der Waals surface area (Å²) in [5, 5.41) is 0. The maximum Gasteiger partial charge on any atom is 0.573 e. The topological polar surface area (TPSA) is 9.23 Å². The molecule has 0 aliphatic carbocycles. The van der Waals surface area contributed by atoms with Crippen molar-refractivity contribution in [1.82, 2.24) is 0 Å². The van der Waals surface area contributed by atoms with E-state index < -0.39 is 17.9 Å². The molecule has 0 aliphatic heterocycles. The van der Waals surface area contributed by atoms with E-state index in [9.17, 15) is 17.6 Å². The van der Waals surface area contributed by atoms with Gasteiger partial charge in [0.1, 0.15) is 7.85 Å². The van der Waals surface area contributed by atoms with Crippen LogP contribution in [0.5, 0.6) is 5.75 Å². The van der Waals surface area contributed by atoms with Gasteiger partial charge in [0.25, 0.3) is 0 Å². The molecule has 1 rings (SSSR count). The van der Waals surface area contributed by atoms with E-state index in [0.717, 1.165) is 12.1 Å². The van der Waals surface area contributed by atoms with Crippen molar-refractivity contribution in [2.24, 2.45) is 0 Å². The van der Waals surface area contributed by atoms with E-state index in [1.165, 1.54) is 6.07 Å². The lowest BCUT2D eigenvalue weighted by molar-refractivity contribution is -0.275. The Hall–Kier alpha value is -1.20. The summed E-state index contributed by atoms with van der Waals surface area (Å²) in [7, 11) is 5.02. The fraction of sp³-hybridized carbons (Fsp3) is 0.143. The van der Waals surface area contributed by atoms with Crippen LogP contribution in [-0.4, -0.2) is 14.2 Å². The van der Waals surface area contributed by atoms with Gasteiger partial charge in [-0.2, -0.15) is 0 Å². The van der Waals surface area contributed by atoms with Crippen molar-refractivity contribution >= 4 is 13.3 Å². The predicted molar refractivity (Wildman–Crippen MR) is 38.5 cm³/mol. The van der Waals surface area contributed by atoms with Crippen molar-refractivity contribution < 1.29 is 22.3 Å². The van der Waals surface area contributed by atoms with E-state index in [0.29, 0.717) is 0 Å². The summed E-state index contributed by atoms with van der Waals surface area (Å²) in [6, 6.07) is 3.15. The highest BCUT2D eigenvalue weighted by Gasteiger charge is 2.32. The van der Waals surface area contributed by atoms with Crippen LogP contribution in [0.2, 0.25) is 0 Å². The molecule has 6 heteroatoms. The summed E-state index contributed by atoms with van der Waals surface area (Å²) in [6.07, 6.45) is -4.91. The molecule has 13 heavy (non-hydrogen) atoms.